The summed E-state index contributed by atoms with van der Waals surface area (Å²) in [6.07, 6.45) is -11.3. The fourth-order valence-corrected chi connectivity index (χ4v) is 4.83. The molecule has 3 N–H and O–H groups in total. The van der Waals surface area contributed by atoms with Crippen LogP contribution in [0, 0.1) is 6.92 Å². The van der Waals surface area contributed by atoms with E-state index in [4.69, 9.17) is 0 Å². The van der Waals surface area contributed by atoms with E-state index in [0.29, 0.717) is 47.8 Å². The zero-order valence-electron chi connectivity index (χ0n) is 22.5. The summed E-state index contributed by atoms with van der Waals surface area (Å²) in [7, 11) is 0. The van der Waals surface area contributed by atoms with Crippen molar-refractivity contribution in [1.29, 1.82) is 0 Å². The molecule has 0 aliphatic heterocycles. The molecule has 0 atom stereocenters. The molecule has 0 aliphatic carbocycles. The molecule has 3 rings (SSSR count). The molecule has 3 aromatic carbocycles. The molecule has 3 aromatic rings. The third-order valence-corrected chi connectivity index (χ3v) is 7.11. The maximum absolute atomic E-state index is 13.5. The molecule has 0 amide bonds. The fraction of sp³-hybridized carbons (Fsp3) is 0.400. The molecule has 0 aromatic heterocycles. The van der Waals surface area contributed by atoms with E-state index in [2.05, 4.69) is 0 Å². The van der Waals surface area contributed by atoms with Crippen LogP contribution in [0.25, 0.3) is 11.1 Å². The molecule has 10 heteroatoms. The first kappa shape index (κ1) is 31.4. The molecule has 40 heavy (non-hydrogen) atoms. The Bertz CT molecular complexity index is 1310. The van der Waals surface area contributed by atoms with Gasteiger partial charge in [0.1, 0.15) is 0 Å². The van der Waals surface area contributed by atoms with Crippen molar-refractivity contribution in [3.63, 3.8) is 0 Å². The highest BCUT2D eigenvalue weighted by atomic mass is 19.4. The fourth-order valence-electron chi connectivity index (χ4n) is 4.83. The van der Waals surface area contributed by atoms with Crippen LogP contribution >= 0.6 is 0 Å². The number of hydrogen-bond acceptors (Lipinski definition) is 4. The number of aliphatic hydroxyl groups excluding tert-OH is 2. The quantitative estimate of drug-likeness (QED) is 0.232. The summed E-state index contributed by atoms with van der Waals surface area (Å²) >= 11 is 0. The Morgan fingerprint density at radius 2 is 1.38 bits per heavy atom. The first-order valence-corrected chi connectivity index (χ1v) is 12.9. The summed E-state index contributed by atoms with van der Waals surface area (Å²) in [5, 5.41) is 29.0. The van der Waals surface area contributed by atoms with E-state index in [0.717, 1.165) is 22.9 Å². The Morgan fingerprint density at radius 3 is 1.93 bits per heavy atom. The first-order chi connectivity index (χ1) is 18.7. The second kappa shape index (κ2) is 12.2. The first-order valence-electron chi connectivity index (χ1n) is 12.9. The minimum atomic E-state index is -5.96. The number of aryl methyl sites for hydroxylation is 2. The van der Waals surface area contributed by atoms with E-state index in [9.17, 15) is 41.7 Å². The molecular weight excluding hydrogens is 536 g/mol. The topological polar surface area (TPSA) is 63.9 Å². The molecule has 0 saturated carbocycles. The zero-order chi connectivity index (χ0) is 29.9. The summed E-state index contributed by atoms with van der Waals surface area (Å²) in [4.78, 5) is 2.04. The van der Waals surface area contributed by atoms with E-state index in [1.165, 1.54) is 6.07 Å². The molecule has 0 unspecified atom stereocenters. The van der Waals surface area contributed by atoms with Crippen molar-refractivity contribution < 1.29 is 41.7 Å². The highest BCUT2D eigenvalue weighted by Gasteiger charge is 2.71. The molecule has 0 aliphatic rings. The summed E-state index contributed by atoms with van der Waals surface area (Å²) in [6, 6.07) is 13.7. The lowest BCUT2D eigenvalue weighted by Crippen LogP contribution is -2.53. The van der Waals surface area contributed by atoms with Crippen LogP contribution in [-0.4, -0.2) is 34.2 Å². The molecule has 0 radical (unpaired) electrons. The number of nitrogens with zero attached hydrogens (tertiary/aromatic N) is 1. The number of halogens is 6. The zero-order valence-corrected chi connectivity index (χ0v) is 22.5. The third kappa shape index (κ3) is 6.14. The lowest BCUT2D eigenvalue weighted by atomic mass is 9.86. The van der Waals surface area contributed by atoms with Crippen LogP contribution < -0.4 is 4.90 Å². The number of anilines is 1. The van der Waals surface area contributed by atoms with Crippen LogP contribution in [-0.2, 0) is 31.8 Å². The minimum absolute atomic E-state index is 0.197. The van der Waals surface area contributed by atoms with Crippen LogP contribution in [0.2, 0.25) is 0 Å². The molecule has 4 nitrogen and oxygen atoms in total. The Labute approximate surface area is 229 Å². The summed E-state index contributed by atoms with van der Waals surface area (Å²) in [6.45, 7) is 6.14. The van der Waals surface area contributed by atoms with E-state index in [1.807, 2.05) is 49.1 Å². The standard InChI is InChI=1S/C30H33F6NO3/c1-4-6-21-14-24(28(40,29(31,32)33)30(34,35)36)10-12-26(21)27-15-25(11-7-19(27)3)37(5-2)16-20-8-9-22(17-38)23(13-20)18-39/h7-15,38-40H,4-6,16-18H2,1-3H3. The van der Waals surface area contributed by atoms with Gasteiger partial charge in [-0.1, -0.05) is 55.8 Å². The van der Waals surface area contributed by atoms with Crippen LogP contribution in [0.5, 0.6) is 0 Å². The van der Waals surface area contributed by atoms with Gasteiger partial charge in [-0.3, -0.25) is 0 Å². The smallest absolute Gasteiger partial charge is 0.392 e. The Morgan fingerprint density at radius 1 is 0.725 bits per heavy atom. The summed E-state index contributed by atoms with van der Waals surface area (Å²) in [5.41, 5.74) is -1.16. The average molecular weight is 570 g/mol. The number of rotatable bonds is 10. The lowest BCUT2D eigenvalue weighted by Gasteiger charge is -2.33. The second-order valence-corrected chi connectivity index (χ2v) is 9.76. The van der Waals surface area contributed by atoms with Crippen molar-refractivity contribution in [3.05, 3.63) is 88.0 Å². The maximum atomic E-state index is 13.5. The van der Waals surface area contributed by atoms with Crippen molar-refractivity contribution in [1.82, 2.24) is 0 Å². The van der Waals surface area contributed by atoms with Gasteiger partial charge >= 0.3 is 12.4 Å². The molecular formula is C30H33F6NO3. The van der Waals surface area contributed by atoms with Gasteiger partial charge in [0.25, 0.3) is 5.60 Å². The third-order valence-electron chi connectivity index (χ3n) is 7.11. The van der Waals surface area contributed by atoms with Gasteiger partial charge < -0.3 is 20.2 Å². The van der Waals surface area contributed by atoms with Crippen LogP contribution in [0.4, 0.5) is 32.0 Å². The number of hydrogen-bond donors (Lipinski definition) is 3. The molecule has 0 bridgehead atoms. The van der Waals surface area contributed by atoms with Gasteiger partial charge in [-0.15, -0.1) is 0 Å². The Kier molecular flexibility index (Phi) is 9.59. The van der Waals surface area contributed by atoms with E-state index >= 15 is 0 Å². The Hall–Kier alpha value is -3.08. The van der Waals surface area contributed by atoms with Gasteiger partial charge in [0.15, 0.2) is 0 Å². The average Bonchev–Trinajstić information content (AvgIpc) is 2.90. The highest BCUT2D eigenvalue weighted by molar-refractivity contribution is 5.75. The van der Waals surface area contributed by atoms with Crippen molar-refractivity contribution in [3.8, 4) is 11.1 Å². The maximum Gasteiger partial charge on any atom is 0.430 e. The SMILES string of the molecule is CCCc1cc(C(O)(C(F)(F)F)C(F)(F)F)ccc1-c1cc(N(CC)Cc2ccc(CO)c(CO)c2)ccc1C. The van der Waals surface area contributed by atoms with Crippen LogP contribution in [0.3, 0.4) is 0 Å². The Balaban J connectivity index is 2.08. The molecule has 0 spiro atoms. The van der Waals surface area contributed by atoms with Gasteiger partial charge in [0.2, 0.25) is 0 Å². The van der Waals surface area contributed by atoms with E-state index in [1.54, 1.807) is 13.0 Å². The van der Waals surface area contributed by atoms with Crippen molar-refractivity contribution in [2.45, 2.75) is 71.3 Å². The predicted molar refractivity (Wildman–Crippen MR) is 142 cm³/mol. The number of aliphatic hydroxyl groups is 3. The molecule has 0 fully saturated rings. The summed E-state index contributed by atoms with van der Waals surface area (Å²) in [5.74, 6) is 0. The molecule has 218 valence electrons. The summed E-state index contributed by atoms with van der Waals surface area (Å²) < 4.78 is 81.2. The van der Waals surface area contributed by atoms with Crippen LogP contribution in [0.15, 0.2) is 54.6 Å². The minimum Gasteiger partial charge on any atom is -0.392 e. The largest absolute Gasteiger partial charge is 0.430 e. The van der Waals surface area contributed by atoms with Gasteiger partial charge in [0.05, 0.1) is 13.2 Å². The monoisotopic (exact) mass is 569 g/mol. The lowest BCUT2D eigenvalue weighted by molar-refractivity contribution is -0.376. The van der Waals surface area contributed by atoms with Crippen molar-refractivity contribution >= 4 is 5.69 Å². The van der Waals surface area contributed by atoms with Crippen molar-refractivity contribution in [2.75, 3.05) is 11.4 Å². The van der Waals surface area contributed by atoms with Gasteiger partial charge in [-0.25, -0.2) is 0 Å². The number of alkyl halides is 6. The highest BCUT2D eigenvalue weighted by Crippen LogP contribution is 2.50. The second-order valence-electron chi connectivity index (χ2n) is 9.76. The molecule has 0 saturated heterocycles. The van der Waals surface area contributed by atoms with E-state index in [-0.39, 0.29) is 25.2 Å². The van der Waals surface area contributed by atoms with Crippen LogP contribution in [0.1, 0.15) is 53.6 Å². The van der Waals surface area contributed by atoms with Gasteiger partial charge in [-0.2, -0.15) is 26.3 Å². The normalized spacial score (nSPS) is 12.6. The van der Waals surface area contributed by atoms with Gasteiger partial charge in [0, 0.05) is 24.3 Å². The van der Waals surface area contributed by atoms with E-state index < -0.39 is 23.5 Å². The van der Waals surface area contributed by atoms with Gasteiger partial charge in [-0.05, 0) is 71.3 Å². The predicted octanol–water partition coefficient (Wildman–Crippen LogP) is 6.94. The molecule has 0 heterocycles. The van der Waals surface area contributed by atoms with Crippen molar-refractivity contribution in [2.24, 2.45) is 0 Å². The number of benzene rings is 3.